The quantitative estimate of drug-likeness (QED) is 0.353. The van der Waals surface area contributed by atoms with E-state index in [2.05, 4.69) is 59.8 Å². The molecule has 2 aliphatic rings. The SMILES string of the molecule is Cc1ccc(OCc2ccc(CN3CCOCC3)cc2C)c(-c2csc(N[C@H]3CC[C@@H](C(=O)O)CC3)n2)c1. The fraction of sp³-hybridized carbons (Fsp3) is 0.467. The molecule has 2 aromatic carbocycles. The maximum Gasteiger partial charge on any atom is 0.306 e. The van der Waals surface area contributed by atoms with E-state index in [1.54, 1.807) is 11.3 Å². The first-order chi connectivity index (χ1) is 18.4. The van der Waals surface area contributed by atoms with Crippen molar-refractivity contribution >= 4 is 22.4 Å². The second-order valence-electron chi connectivity index (χ2n) is 10.5. The predicted molar refractivity (Wildman–Crippen MR) is 151 cm³/mol. The fourth-order valence-electron chi connectivity index (χ4n) is 5.28. The Labute approximate surface area is 228 Å². The van der Waals surface area contributed by atoms with Gasteiger partial charge in [0.15, 0.2) is 5.13 Å². The molecule has 0 spiro atoms. The molecule has 1 saturated carbocycles. The van der Waals surface area contributed by atoms with Crippen LogP contribution in [0.5, 0.6) is 5.75 Å². The Kier molecular flexibility index (Phi) is 8.61. The molecule has 5 rings (SSSR count). The van der Waals surface area contributed by atoms with Crippen LogP contribution in [0.2, 0.25) is 0 Å². The van der Waals surface area contributed by atoms with E-state index < -0.39 is 5.97 Å². The molecule has 1 saturated heterocycles. The number of hydrogen-bond donors (Lipinski definition) is 2. The molecule has 202 valence electrons. The van der Waals surface area contributed by atoms with Crippen LogP contribution < -0.4 is 10.1 Å². The van der Waals surface area contributed by atoms with Gasteiger partial charge in [-0.1, -0.05) is 29.8 Å². The van der Waals surface area contributed by atoms with Crippen molar-refractivity contribution in [3.8, 4) is 17.0 Å². The highest BCUT2D eigenvalue weighted by molar-refractivity contribution is 7.14. The Morgan fingerprint density at radius 1 is 1.13 bits per heavy atom. The van der Waals surface area contributed by atoms with Gasteiger partial charge in [-0.05, 0) is 68.4 Å². The predicted octanol–water partition coefficient (Wildman–Crippen LogP) is 5.89. The lowest BCUT2D eigenvalue weighted by atomic mass is 9.86. The third kappa shape index (κ3) is 6.73. The van der Waals surface area contributed by atoms with Gasteiger partial charge in [-0.2, -0.15) is 0 Å². The standard InChI is InChI=1S/C30H37N3O4S/c1-20-3-10-28(37-18-24-5-4-22(16-21(24)2)17-33-11-13-36-14-12-33)26(15-20)27-19-38-30(32-27)31-25-8-6-23(7-9-25)29(34)35/h3-5,10,15-16,19,23,25H,6-9,11-14,17-18H2,1-2H3,(H,31,32)(H,34,35)/t23-,25+. The highest BCUT2D eigenvalue weighted by atomic mass is 32.1. The number of carbonyl (C=O) groups is 1. The Bertz CT molecular complexity index is 1250. The third-order valence-electron chi connectivity index (χ3n) is 7.62. The normalized spacial score (nSPS) is 20.3. The van der Waals surface area contributed by atoms with Gasteiger partial charge in [-0.25, -0.2) is 4.98 Å². The zero-order chi connectivity index (χ0) is 26.5. The van der Waals surface area contributed by atoms with Crippen LogP contribution in [0.1, 0.15) is 47.9 Å². The molecule has 0 amide bonds. The smallest absolute Gasteiger partial charge is 0.306 e. The minimum Gasteiger partial charge on any atom is -0.488 e. The molecule has 0 bridgehead atoms. The second kappa shape index (κ2) is 12.3. The van der Waals surface area contributed by atoms with Crippen molar-refractivity contribution in [1.29, 1.82) is 0 Å². The maximum absolute atomic E-state index is 11.2. The van der Waals surface area contributed by atoms with E-state index in [1.165, 1.54) is 16.7 Å². The van der Waals surface area contributed by atoms with Gasteiger partial charge < -0.3 is 19.9 Å². The molecule has 2 fully saturated rings. The summed E-state index contributed by atoms with van der Waals surface area (Å²) in [4.78, 5) is 18.5. The number of carboxylic acid groups (broad SMARTS) is 1. The molecule has 2 heterocycles. The summed E-state index contributed by atoms with van der Waals surface area (Å²) in [5.41, 5.74) is 6.79. The number of rotatable bonds is 9. The molecule has 0 atom stereocenters. The average Bonchev–Trinajstić information content (AvgIpc) is 3.38. The van der Waals surface area contributed by atoms with E-state index in [1.807, 2.05) is 6.07 Å². The van der Waals surface area contributed by atoms with Crippen molar-refractivity contribution in [2.45, 2.75) is 58.7 Å². The number of aromatic nitrogens is 1. The van der Waals surface area contributed by atoms with Crippen LogP contribution in [0, 0.1) is 19.8 Å². The molecule has 38 heavy (non-hydrogen) atoms. The first-order valence-electron chi connectivity index (χ1n) is 13.5. The van der Waals surface area contributed by atoms with Gasteiger partial charge in [0.05, 0.1) is 24.8 Å². The number of nitrogens with zero attached hydrogens (tertiary/aromatic N) is 2. The number of hydrogen-bond acceptors (Lipinski definition) is 7. The van der Waals surface area contributed by atoms with Crippen molar-refractivity contribution < 1.29 is 19.4 Å². The van der Waals surface area contributed by atoms with Crippen molar-refractivity contribution in [3.05, 3.63) is 64.0 Å². The number of ether oxygens (including phenoxy) is 2. The van der Waals surface area contributed by atoms with Crippen LogP contribution in [0.25, 0.3) is 11.3 Å². The van der Waals surface area contributed by atoms with Crippen molar-refractivity contribution in [1.82, 2.24) is 9.88 Å². The number of anilines is 1. The average molecular weight is 536 g/mol. The largest absolute Gasteiger partial charge is 0.488 e. The van der Waals surface area contributed by atoms with Crippen LogP contribution in [0.3, 0.4) is 0 Å². The Morgan fingerprint density at radius 3 is 2.66 bits per heavy atom. The number of thiazole rings is 1. The molecule has 1 aliphatic carbocycles. The third-order valence-corrected chi connectivity index (χ3v) is 8.39. The molecule has 1 aromatic heterocycles. The summed E-state index contributed by atoms with van der Waals surface area (Å²) < 4.78 is 11.8. The summed E-state index contributed by atoms with van der Waals surface area (Å²) in [6.07, 6.45) is 3.15. The lowest BCUT2D eigenvalue weighted by Gasteiger charge is -2.26. The summed E-state index contributed by atoms with van der Waals surface area (Å²) in [6.45, 7) is 9.29. The first kappa shape index (κ1) is 26.7. The van der Waals surface area contributed by atoms with Crippen LogP contribution >= 0.6 is 11.3 Å². The van der Waals surface area contributed by atoms with Crippen LogP contribution in [-0.4, -0.2) is 53.3 Å². The molecule has 2 N–H and O–H groups in total. The van der Waals surface area contributed by atoms with Gasteiger partial charge in [0.2, 0.25) is 0 Å². The van der Waals surface area contributed by atoms with Gasteiger partial charge in [-0.3, -0.25) is 9.69 Å². The molecule has 1 aliphatic heterocycles. The monoisotopic (exact) mass is 535 g/mol. The van der Waals surface area contributed by atoms with Crippen LogP contribution in [0.15, 0.2) is 41.8 Å². The summed E-state index contributed by atoms with van der Waals surface area (Å²) in [5.74, 6) is -0.0613. The van der Waals surface area contributed by atoms with Crippen molar-refractivity contribution in [2.24, 2.45) is 5.92 Å². The second-order valence-corrected chi connectivity index (χ2v) is 11.4. The van der Waals surface area contributed by atoms with E-state index in [-0.39, 0.29) is 12.0 Å². The molecule has 0 unspecified atom stereocenters. The van der Waals surface area contributed by atoms with Gasteiger partial charge in [0.1, 0.15) is 12.4 Å². The zero-order valence-electron chi connectivity index (χ0n) is 22.2. The molecule has 7 nitrogen and oxygen atoms in total. The maximum atomic E-state index is 11.2. The summed E-state index contributed by atoms with van der Waals surface area (Å²) in [6, 6.07) is 13.2. The fourth-order valence-corrected chi connectivity index (χ4v) is 6.07. The van der Waals surface area contributed by atoms with Gasteiger partial charge in [0, 0.05) is 36.6 Å². The summed E-state index contributed by atoms with van der Waals surface area (Å²) >= 11 is 1.59. The summed E-state index contributed by atoms with van der Waals surface area (Å²) in [5, 5.41) is 15.7. The molecular weight excluding hydrogens is 498 g/mol. The van der Waals surface area contributed by atoms with Gasteiger partial charge >= 0.3 is 5.97 Å². The molecular formula is C30H37N3O4S. The minimum atomic E-state index is -0.675. The van der Waals surface area contributed by atoms with Crippen LogP contribution in [-0.2, 0) is 22.7 Å². The summed E-state index contributed by atoms with van der Waals surface area (Å²) in [7, 11) is 0. The molecule has 8 heteroatoms. The van der Waals surface area contributed by atoms with Crippen LogP contribution in [0.4, 0.5) is 5.13 Å². The molecule has 0 radical (unpaired) electrons. The number of nitrogens with one attached hydrogen (secondary N) is 1. The Balaban J connectivity index is 1.23. The molecule has 3 aromatic rings. The van der Waals surface area contributed by atoms with Crippen molar-refractivity contribution in [2.75, 3.05) is 31.6 Å². The minimum absolute atomic E-state index is 0.212. The van der Waals surface area contributed by atoms with E-state index in [0.717, 1.165) is 73.4 Å². The number of morpholine rings is 1. The van der Waals surface area contributed by atoms with Crippen molar-refractivity contribution in [3.63, 3.8) is 0 Å². The number of carboxylic acids is 1. The Hall–Kier alpha value is -2.94. The van der Waals surface area contributed by atoms with Gasteiger partial charge in [-0.15, -0.1) is 11.3 Å². The number of aryl methyl sites for hydroxylation is 2. The van der Waals surface area contributed by atoms with E-state index in [4.69, 9.17) is 14.5 Å². The van der Waals surface area contributed by atoms with E-state index in [9.17, 15) is 9.90 Å². The lowest BCUT2D eigenvalue weighted by molar-refractivity contribution is -0.142. The lowest BCUT2D eigenvalue weighted by Crippen LogP contribution is -2.35. The Morgan fingerprint density at radius 2 is 1.92 bits per heavy atom. The zero-order valence-corrected chi connectivity index (χ0v) is 23.1. The highest BCUT2D eigenvalue weighted by Gasteiger charge is 2.26. The topological polar surface area (TPSA) is 83.9 Å². The van der Waals surface area contributed by atoms with Gasteiger partial charge in [0.25, 0.3) is 0 Å². The number of benzene rings is 2. The number of aliphatic carboxylic acids is 1. The first-order valence-corrected chi connectivity index (χ1v) is 14.4. The highest BCUT2D eigenvalue weighted by Crippen LogP contribution is 2.35. The van der Waals surface area contributed by atoms with E-state index in [0.29, 0.717) is 19.4 Å². The van der Waals surface area contributed by atoms with E-state index >= 15 is 0 Å².